The van der Waals surface area contributed by atoms with Crippen molar-refractivity contribution in [2.75, 3.05) is 36.6 Å². The molecule has 1 rings (SSSR count). The number of nitrogens with zero attached hydrogens (tertiary/aromatic N) is 1. The van der Waals surface area contributed by atoms with E-state index in [1.807, 2.05) is 6.07 Å². The SMILES string of the molecule is CCCN(CCC)c1cc(N)cc(N)c1OC. The lowest BCUT2D eigenvalue weighted by atomic mass is 10.2. The van der Waals surface area contributed by atoms with Gasteiger partial charge in [-0.1, -0.05) is 13.8 Å². The van der Waals surface area contributed by atoms with E-state index in [0.29, 0.717) is 11.4 Å². The van der Waals surface area contributed by atoms with Crippen molar-refractivity contribution >= 4 is 17.1 Å². The van der Waals surface area contributed by atoms with Gasteiger partial charge < -0.3 is 21.1 Å². The molecule has 0 aromatic heterocycles. The van der Waals surface area contributed by atoms with E-state index >= 15 is 0 Å². The van der Waals surface area contributed by atoms with Crippen molar-refractivity contribution in [3.63, 3.8) is 0 Å². The Morgan fingerprint density at radius 3 is 2.18 bits per heavy atom. The lowest BCUT2D eigenvalue weighted by Crippen LogP contribution is -2.25. The van der Waals surface area contributed by atoms with E-state index in [4.69, 9.17) is 16.2 Å². The van der Waals surface area contributed by atoms with Gasteiger partial charge in [-0.25, -0.2) is 0 Å². The van der Waals surface area contributed by atoms with Crippen LogP contribution in [0.4, 0.5) is 17.1 Å². The fraction of sp³-hybridized carbons (Fsp3) is 0.538. The highest BCUT2D eigenvalue weighted by Crippen LogP contribution is 2.36. The van der Waals surface area contributed by atoms with E-state index in [1.165, 1.54) is 0 Å². The van der Waals surface area contributed by atoms with Crippen LogP contribution in [0, 0.1) is 0 Å². The molecule has 4 heteroatoms. The minimum absolute atomic E-state index is 0.597. The molecule has 0 bridgehead atoms. The highest BCUT2D eigenvalue weighted by molar-refractivity contribution is 5.76. The molecule has 0 fully saturated rings. The molecule has 0 saturated heterocycles. The van der Waals surface area contributed by atoms with E-state index in [9.17, 15) is 0 Å². The summed E-state index contributed by atoms with van der Waals surface area (Å²) in [7, 11) is 1.64. The quantitative estimate of drug-likeness (QED) is 0.746. The van der Waals surface area contributed by atoms with Gasteiger partial charge in [0.05, 0.1) is 18.5 Å². The Kier molecular flexibility index (Phi) is 4.94. The summed E-state index contributed by atoms with van der Waals surface area (Å²) in [5.74, 6) is 0.723. The highest BCUT2D eigenvalue weighted by atomic mass is 16.5. The number of nitrogen functional groups attached to an aromatic ring is 2. The van der Waals surface area contributed by atoms with Crippen molar-refractivity contribution in [3.8, 4) is 5.75 Å². The average molecular weight is 237 g/mol. The van der Waals surface area contributed by atoms with Gasteiger partial charge in [0.2, 0.25) is 0 Å². The number of nitrogens with two attached hydrogens (primary N) is 2. The van der Waals surface area contributed by atoms with E-state index < -0.39 is 0 Å². The lowest BCUT2D eigenvalue weighted by molar-refractivity contribution is 0.416. The molecule has 0 unspecified atom stereocenters. The maximum Gasteiger partial charge on any atom is 0.165 e. The van der Waals surface area contributed by atoms with Crippen LogP contribution in [0.2, 0.25) is 0 Å². The zero-order chi connectivity index (χ0) is 12.8. The van der Waals surface area contributed by atoms with E-state index in [1.54, 1.807) is 13.2 Å². The number of hydrogen-bond donors (Lipinski definition) is 2. The monoisotopic (exact) mass is 237 g/mol. The second-order valence-corrected chi connectivity index (χ2v) is 4.15. The van der Waals surface area contributed by atoms with Crippen molar-refractivity contribution < 1.29 is 4.74 Å². The molecule has 0 aliphatic rings. The average Bonchev–Trinajstić information content (AvgIpc) is 2.28. The first-order chi connectivity index (χ1) is 8.13. The molecule has 4 nitrogen and oxygen atoms in total. The minimum atomic E-state index is 0.597. The van der Waals surface area contributed by atoms with Gasteiger partial charge in [-0.15, -0.1) is 0 Å². The third kappa shape index (κ3) is 3.19. The first kappa shape index (κ1) is 13.5. The van der Waals surface area contributed by atoms with Crippen LogP contribution in [-0.2, 0) is 0 Å². The van der Waals surface area contributed by atoms with Crippen LogP contribution in [-0.4, -0.2) is 20.2 Å². The van der Waals surface area contributed by atoms with Crippen LogP contribution in [0.1, 0.15) is 26.7 Å². The van der Waals surface area contributed by atoms with Crippen LogP contribution in [0.25, 0.3) is 0 Å². The number of rotatable bonds is 6. The molecule has 1 aromatic rings. The van der Waals surface area contributed by atoms with Gasteiger partial charge in [-0.2, -0.15) is 0 Å². The second-order valence-electron chi connectivity index (χ2n) is 4.15. The van der Waals surface area contributed by atoms with Gasteiger partial charge >= 0.3 is 0 Å². The maximum absolute atomic E-state index is 5.93. The Labute approximate surface area is 104 Å². The van der Waals surface area contributed by atoms with Crippen molar-refractivity contribution in [2.24, 2.45) is 0 Å². The largest absolute Gasteiger partial charge is 0.492 e. The number of anilines is 3. The lowest BCUT2D eigenvalue weighted by Gasteiger charge is -2.26. The van der Waals surface area contributed by atoms with E-state index in [-0.39, 0.29) is 0 Å². The molecule has 0 heterocycles. The van der Waals surface area contributed by atoms with E-state index in [2.05, 4.69) is 18.7 Å². The molecule has 0 spiro atoms. The molecule has 0 aliphatic carbocycles. The first-order valence-electron chi connectivity index (χ1n) is 6.11. The van der Waals surface area contributed by atoms with Crippen LogP contribution >= 0.6 is 0 Å². The van der Waals surface area contributed by atoms with E-state index in [0.717, 1.165) is 37.4 Å². The van der Waals surface area contributed by atoms with Crippen molar-refractivity contribution in [1.29, 1.82) is 0 Å². The Bertz CT molecular complexity index is 360. The molecule has 0 radical (unpaired) electrons. The summed E-state index contributed by atoms with van der Waals surface area (Å²) in [4.78, 5) is 2.27. The normalized spacial score (nSPS) is 10.3. The molecule has 4 N–H and O–H groups in total. The Morgan fingerprint density at radius 1 is 1.12 bits per heavy atom. The summed E-state index contributed by atoms with van der Waals surface area (Å²) in [5, 5.41) is 0. The summed E-state index contributed by atoms with van der Waals surface area (Å²) in [6.07, 6.45) is 2.16. The predicted octanol–water partition coefficient (Wildman–Crippen LogP) is 2.49. The van der Waals surface area contributed by atoms with Crippen molar-refractivity contribution in [3.05, 3.63) is 12.1 Å². The van der Waals surface area contributed by atoms with Gasteiger partial charge in [0, 0.05) is 18.8 Å². The van der Waals surface area contributed by atoms with Crippen LogP contribution < -0.4 is 21.1 Å². The summed E-state index contributed by atoms with van der Waals surface area (Å²) in [6.45, 7) is 6.27. The number of benzene rings is 1. The smallest absolute Gasteiger partial charge is 0.165 e. The molecule has 96 valence electrons. The summed E-state index contributed by atoms with van der Waals surface area (Å²) >= 11 is 0. The Hall–Kier alpha value is -1.58. The number of methoxy groups -OCH3 is 1. The van der Waals surface area contributed by atoms with Crippen molar-refractivity contribution in [2.45, 2.75) is 26.7 Å². The van der Waals surface area contributed by atoms with Crippen LogP contribution in [0.15, 0.2) is 12.1 Å². The number of ether oxygens (including phenoxy) is 1. The number of hydrogen-bond acceptors (Lipinski definition) is 4. The second kappa shape index (κ2) is 6.23. The molecule has 0 amide bonds. The van der Waals surface area contributed by atoms with Gasteiger partial charge in [0.1, 0.15) is 0 Å². The standard InChI is InChI=1S/C13H23N3O/c1-4-6-16(7-5-2)12-9-10(14)8-11(15)13(12)17-3/h8-9H,4-7,14-15H2,1-3H3. The molecular formula is C13H23N3O. The van der Waals surface area contributed by atoms with Crippen molar-refractivity contribution in [1.82, 2.24) is 0 Å². The third-order valence-electron chi connectivity index (χ3n) is 2.65. The molecule has 1 aromatic carbocycles. The van der Waals surface area contributed by atoms with Crippen LogP contribution in [0.3, 0.4) is 0 Å². The van der Waals surface area contributed by atoms with Crippen LogP contribution in [0.5, 0.6) is 5.75 Å². The summed E-state index contributed by atoms with van der Waals surface area (Å²) in [6, 6.07) is 3.67. The zero-order valence-corrected chi connectivity index (χ0v) is 11.0. The third-order valence-corrected chi connectivity index (χ3v) is 2.65. The molecule has 0 atom stereocenters. The zero-order valence-electron chi connectivity index (χ0n) is 11.0. The highest BCUT2D eigenvalue weighted by Gasteiger charge is 2.14. The molecule has 17 heavy (non-hydrogen) atoms. The van der Waals surface area contributed by atoms with Gasteiger partial charge in [-0.3, -0.25) is 0 Å². The van der Waals surface area contributed by atoms with Gasteiger partial charge in [0.15, 0.2) is 5.75 Å². The fourth-order valence-corrected chi connectivity index (χ4v) is 2.01. The minimum Gasteiger partial charge on any atom is -0.492 e. The Balaban J connectivity index is 3.15. The van der Waals surface area contributed by atoms with Gasteiger partial charge in [-0.05, 0) is 25.0 Å². The summed E-state index contributed by atoms with van der Waals surface area (Å²) < 4.78 is 5.38. The first-order valence-corrected chi connectivity index (χ1v) is 6.11. The summed E-state index contributed by atoms with van der Waals surface area (Å²) in [5.41, 5.74) is 14.0. The predicted molar refractivity (Wildman–Crippen MR) is 74.6 cm³/mol. The molecule has 0 saturated carbocycles. The molecule has 0 aliphatic heterocycles. The fourth-order valence-electron chi connectivity index (χ4n) is 2.01. The maximum atomic E-state index is 5.93. The topological polar surface area (TPSA) is 64.5 Å². The molecular weight excluding hydrogens is 214 g/mol. The Morgan fingerprint density at radius 2 is 1.71 bits per heavy atom. The van der Waals surface area contributed by atoms with Gasteiger partial charge in [0.25, 0.3) is 0 Å².